The highest BCUT2D eigenvalue weighted by molar-refractivity contribution is 8.00. The van der Waals surface area contributed by atoms with Crippen LogP contribution in [0.15, 0.2) is 0 Å². The number of carbonyl (C=O) groups is 4. The van der Waals surface area contributed by atoms with Crippen LogP contribution in [0.25, 0.3) is 0 Å². The van der Waals surface area contributed by atoms with E-state index in [0.717, 1.165) is 0 Å². The molecule has 2 N–H and O–H groups in total. The molecule has 0 aromatic heterocycles. The molecule has 0 radical (unpaired) electrons. The van der Waals surface area contributed by atoms with E-state index < -0.39 is 23.4 Å². The predicted octanol–water partition coefficient (Wildman–Crippen LogP) is -1.35. The zero-order valence-corrected chi connectivity index (χ0v) is 11.5. The highest BCUT2D eigenvalue weighted by Crippen LogP contribution is 2.42. The average molecular weight is 302 g/mol. The maximum atomic E-state index is 11.8. The predicted molar refractivity (Wildman–Crippen MR) is 67.6 cm³/mol. The fourth-order valence-electron chi connectivity index (χ4n) is 2.24. The van der Waals surface area contributed by atoms with E-state index in [1.165, 1.54) is 23.6 Å². The average Bonchev–Trinajstić information content (AvgIpc) is 2.41. The largest absolute Gasteiger partial charge is 0.481 e. The van der Waals surface area contributed by atoms with Crippen LogP contribution in [0.3, 0.4) is 0 Å². The number of fused-ring (bicyclic) bond motifs is 1. The molecule has 9 heteroatoms. The molecule has 8 nitrogen and oxygen atoms in total. The zero-order valence-electron chi connectivity index (χ0n) is 10.7. The third-order valence-electron chi connectivity index (χ3n) is 3.40. The molecule has 0 spiro atoms. The second-order valence-corrected chi connectivity index (χ2v) is 5.90. The summed E-state index contributed by atoms with van der Waals surface area (Å²) in [5.74, 6) is -1.78. The van der Waals surface area contributed by atoms with Crippen LogP contribution < -0.4 is 5.32 Å². The second-order valence-electron chi connectivity index (χ2n) is 4.80. The Kier molecular flexibility index (Phi) is 3.89. The van der Waals surface area contributed by atoms with E-state index in [2.05, 4.69) is 5.32 Å². The van der Waals surface area contributed by atoms with Gasteiger partial charge in [-0.2, -0.15) is 0 Å². The number of hydrogen-bond acceptors (Lipinski definition) is 6. The van der Waals surface area contributed by atoms with Gasteiger partial charge >= 0.3 is 11.9 Å². The van der Waals surface area contributed by atoms with Gasteiger partial charge in [0, 0.05) is 19.2 Å². The first-order valence-corrected chi connectivity index (χ1v) is 6.95. The Labute approximate surface area is 118 Å². The van der Waals surface area contributed by atoms with Gasteiger partial charge in [-0.3, -0.25) is 19.2 Å². The Balaban J connectivity index is 2.08. The highest BCUT2D eigenvalue weighted by Gasteiger charge is 2.57. The van der Waals surface area contributed by atoms with Crippen molar-refractivity contribution in [2.24, 2.45) is 5.41 Å². The molecular formula is C11H14N2O6S. The molecule has 2 fully saturated rings. The minimum atomic E-state index is -1.30. The molecule has 2 heterocycles. The lowest BCUT2D eigenvalue weighted by Gasteiger charge is -2.53. The van der Waals surface area contributed by atoms with Crippen molar-refractivity contribution in [3.63, 3.8) is 0 Å². The maximum Gasteiger partial charge on any atom is 0.315 e. The number of amides is 2. The molecule has 110 valence electrons. The summed E-state index contributed by atoms with van der Waals surface area (Å²) in [6.07, 6.45) is 0.457. The number of carboxylic acids is 1. The SMILES string of the molecule is CC(=O)OCC1(C(=O)O)CS[C@@H]2C(NC=O)C(=O)N2C1. The monoisotopic (exact) mass is 302 g/mol. The molecule has 0 bridgehead atoms. The van der Waals surface area contributed by atoms with E-state index in [4.69, 9.17) is 4.74 Å². The number of nitrogens with zero attached hydrogens (tertiary/aromatic N) is 1. The van der Waals surface area contributed by atoms with Crippen molar-refractivity contribution in [1.82, 2.24) is 10.2 Å². The summed E-state index contributed by atoms with van der Waals surface area (Å²) >= 11 is 1.26. The van der Waals surface area contributed by atoms with E-state index in [9.17, 15) is 24.3 Å². The van der Waals surface area contributed by atoms with Gasteiger partial charge in [-0.05, 0) is 0 Å². The first kappa shape index (κ1) is 14.6. The number of ether oxygens (including phenoxy) is 1. The highest BCUT2D eigenvalue weighted by atomic mass is 32.2. The van der Waals surface area contributed by atoms with Gasteiger partial charge in [0.25, 0.3) is 0 Å². The summed E-state index contributed by atoms with van der Waals surface area (Å²) in [5, 5.41) is 11.5. The van der Waals surface area contributed by atoms with Crippen molar-refractivity contribution in [2.45, 2.75) is 18.3 Å². The lowest BCUT2D eigenvalue weighted by atomic mass is 9.88. The molecule has 2 aliphatic heterocycles. The zero-order chi connectivity index (χ0) is 14.9. The van der Waals surface area contributed by atoms with E-state index >= 15 is 0 Å². The second kappa shape index (κ2) is 5.31. The lowest BCUT2D eigenvalue weighted by molar-refractivity contribution is -0.164. The third kappa shape index (κ3) is 2.33. The van der Waals surface area contributed by atoms with Gasteiger partial charge in [0.2, 0.25) is 12.3 Å². The number of aliphatic carboxylic acids is 1. The Morgan fingerprint density at radius 1 is 1.65 bits per heavy atom. The Morgan fingerprint density at radius 2 is 2.35 bits per heavy atom. The molecule has 0 saturated carbocycles. The van der Waals surface area contributed by atoms with Crippen molar-refractivity contribution in [1.29, 1.82) is 0 Å². The summed E-state index contributed by atoms with van der Waals surface area (Å²) in [6, 6.07) is -0.599. The van der Waals surface area contributed by atoms with Crippen molar-refractivity contribution in [3.05, 3.63) is 0 Å². The summed E-state index contributed by atoms with van der Waals surface area (Å²) < 4.78 is 4.82. The summed E-state index contributed by atoms with van der Waals surface area (Å²) in [7, 11) is 0. The van der Waals surface area contributed by atoms with Crippen LogP contribution in [-0.2, 0) is 23.9 Å². The minimum absolute atomic E-state index is 0.0247. The summed E-state index contributed by atoms with van der Waals surface area (Å²) in [4.78, 5) is 45.9. The molecule has 2 rings (SSSR count). The fourth-order valence-corrected chi connectivity index (χ4v) is 3.77. The van der Waals surface area contributed by atoms with Crippen LogP contribution in [0.4, 0.5) is 0 Å². The van der Waals surface area contributed by atoms with Crippen LogP contribution in [0.2, 0.25) is 0 Å². The first-order chi connectivity index (χ1) is 9.41. The van der Waals surface area contributed by atoms with Gasteiger partial charge in [0.05, 0.1) is 0 Å². The normalized spacial score (nSPS) is 31.9. The van der Waals surface area contributed by atoms with Gasteiger partial charge in [-0.1, -0.05) is 0 Å². The van der Waals surface area contributed by atoms with Crippen LogP contribution in [-0.4, -0.2) is 64.6 Å². The molecular weight excluding hydrogens is 288 g/mol. The number of β-lactam (4-membered cyclic amide) rings is 1. The number of thioether (sulfide) groups is 1. The lowest BCUT2D eigenvalue weighted by Crippen LogP contribution is -2.73. The molecule has 2 amide bonds. The maximum absolute atomic E-state index is 11.8. The molecule has 2 unspecified atom stereocenters. The number of rotatable bonds is 5. The van der Waals surface area contributed by atoms with Gasteiger partial charge < -0.3 is 20.1 Å². The van der Waals surface area contributed by atoms with E-state index in [-0.39, 0.29) is 30.2 Å². The number of nitrogens with one attached hydrogen (secondary N) is 1. The number of carbonyl (C=O) groups excluding carboxylic acids is 3. The molecule has 0 aromatic carbocycles. The van der Waals surface area contributed by atoms with Gasteiger partial charge in [0.15, 0.2) is 0 Å². The smallest absolute Gasteiger partial charge is 0.315 e. The molecule has 2 saturated heterocycles. The number of carboxylic acid groups (broad SMARTS) is 1. The topological polar surface area (TPSA) is 113 Å². The molecule has 20 heavy (non-hydrogen) atoms. The molecule has 0 aliphatic carbocycles. The Bertz CT molecular complexity index is 470. The van der Waals surface area contributed by atoms with E-state index in [0.29, 0.717) is 6.41 Å². The van der Waals surface area contributed by atoms with Crippen molar-refractivity contribution in [2.75, 3.05) is 18.9 Å². The molecule has 3 atom stereocenters. The number of hydrogen-bond donors (Lipinski definition) is 2. The summed E-state index contributed by atoms with van der Waals surface area (Å²) in [6.45, 7) is 0.906. The first-order valence-electron chi connectivity index (χ1n) is 5.90. The van der Waals surface area contributed by atoms with Gasteiger partial charge in [-0.25, -0.2) is 0 Å². The summed E-state index contributed by atoms with van der Waals surface area (Å²) in [5.41, 5.74) is -1.30. The standard InChI is InChI=1S/C11H14N2O6S/c1-6(15)19-3-11(10(17)18)2-13-8(16)7(12-5-14)9(13)20-4-11/h5,7,9H,2-4H2,1H3,(H,12,14)(H,17,18)/t7?,9-,11?/m1/s1. The van der Waals surface area contributed by atoms with E-state index in [1.54, 1.807) is 0 Å². The van der Waals surface area contributed by atoms with Gasteiger partial charge in [-0.15, -0.1) is 11.8 Å². The van der Waals surface area contributed by atoms with Crippen LogP contribution in [0.5, 0.6) is 0 Å². The number of esters is 1. The van der Waals surface area contributed by atoms with Crippen molar-refractivity contribution < 1.29 is 29.0 Å². The Hall–Kier alpha value is -1.77. The molecule has 0 aromatic rings. The quantitative estimate of drug-likeness (QED) is 0.367. The van der Waals surface area contributed by atoms with E-state index in [1.807, 2.05) is 0 Å². The van der Waals surface area contributed by atoms with Gasteiger partial charge in [0.1, 0.15) is 23.4 Å². The van der Waals surface area contributed by atoms with Crippen LogP contribution in [0.1, 0.15) is 6.92 Å². The van der Waals surface area contributed by atoms with Crippen LogP contribution in [0, 0.1) is 5.41 Å². The molecule has 2 aliphatic rings. The fraction of sp³-hybridized carbons (Fsp3) is 0.636. The third-order valence-corrected chi connectivity index (χ3v) is 4.99. The van der Waals surface area contributed by atoms with Crippen molar-refractivity contribution >= 4 is 36.0 Å². The Morgan fingerprint density at radius 3 is 2.90 bits per heavy atom. The van der Waals surface area contributed by atoms with Crippen LogP contribution >= 0.6 is 11.8 Å². The van der Waals surface area contributed by atoms with Crippen molar-refractivity contribution in [3.8, 4) is 0 Å². The minimum Gasteiger partial charge on any atom is -0.481 e.